The van der Waals surface area contributed by atoms with E-state index in [0.29, 0.717) is 0 Å². The molecule has 0 atom stereocenters. The minimum atomic E-state index is 0.872. The third-order valence-electron chi connectivity index (χ3n) is 9.87. The first-order chi connectivity index (χ1) is 25.3. The number of para-hydroxylation sites is 1. The predicted octanol–water partition coefficient (Wildman–Crippen LogP) is 14.4. The van der Waals surface area contributed by atoms with Gasteiger partial charge in [0.2, 0.25) is 0 Å². The summed E-state index contributed by atoms with van der Waals surface area (Å²) in [5, 5.41) is 4.81. The third kappa shape index (κ3) is 5.18. The van der Waals surface area contributed by atoms with Crippen LogP contribution in [0.2, 0.25) is 0 Å². The molecule has 240 valence electrons. The number of furan rings is 1. The Balaban J connectivity index is 1.13. The van der Waals surface area contributed by atoms with E-state index in [-0.39, 0.29) is 0 Å². The normalized spacial score (nSPS) is 11.5. The first kappa shape index (κ1) is 29.5. The molecule has 0 aliphatic carbocycles. The fourth-order valence-electron chi connectivity index (χ4n) is 7.41. The van der Waals surface area contributed by atoms with Gasteiger partial charge in [0.05, 0.1) is 11.1 Å². The van der Waals surface area contributed by atoms with Gasteiger partial charge in [0.1, 0.15) is 11.2 Å². The molecule has 8 aromatic carbocycles. The van der Waals surface area contributed by atoms with Gasteiger partial charge in [-0.1, -0.05) is 127 Å². The standard InChI is InChI=1S/C48H31NOS/c1-2-11-32(12-3-1)33-23-25-34(26-24-33)35-13-8-15-38(29-35)49(43-19-10-21-45-48(43)41-18-4-6-20-44(41)50-45)39-16-9-14-36(30-39)37-27-28-47-42(31-37)40-17-5-7-22-46(40)51-47/h1-31H. The lowest BCUT2D eigenvalue weighted by Gasteiger charge is -2.27. The molecule has 0 radical (unpaired) electrons. The van der Waals surface area contributed by atoms with Crippen molar-refractivity contribution in [2.24, 2.45) is 0 Å². The molecule has 0 amide bonds. The Bertz CT molecular complexity index is 2860. The Morgan fingerprint density at radius 1 is 0.353 bits per heavy atom. The number of nitrogens with zero attached hydrogens (tertiary/aromatic N) is 1. The van der Waals surface area contributed by atoms with E-state index in [1.165, 1.54) is 48.0 Å². The van der Waals surface area contributed by atoms with Crippen molar-refractivity contribution in [1.29, 1.82) is 0 Å². The number of thiophene rings is 1. The molecule has 0 fully saturated rings. The zero-order chi connectivity index (χ0) is 33.7. The predicted molar refractivity (Wildman–Crippen MR) is 218 cm³/mol. The first-order valence-corrected chi connectivity index (χ1v) is 18.1. The van der Waals surface area contributed by atoms with Crippen LogP contribution in [0.5, 0.6) is 0 Å². The second-order valence-electron chi connectivity index (χ2n) is 12.9. The second-order valence-corrected chi connectivity index (χ2v) is 14.0. The van der Waals surface area contributed by atoms with Crippen LogP contribution in [0.1, 0.15) is 0 Å². The smallest absolute Gasteiger partial charge is 0.137 e. The SMILES string of the molecule is c1ccc(-c2ccc(-c3cccc(N(c4cccc(-c5ccc6sc7ccccc7c6c5)c4)c4cccc5oc6ccccc6c45)c3)cc2)cc1. The Kier molecular flexibility index (Phi) is 7.04. The topological polar surface area (TPSA) is 16.4 Å². The molecule has 0 N–H and O–H groups in total. The highest BCUT2D eigenvalue weighted by Crippen LogP contribution is 2.45. The fraction of sp³-hybridized carbons (Fsp3) is 0. The van der Waals surface area contributed by atoms with Gasteiger partial charge in [-0.05, 0) is 94.0 Å². The zero-order valence-electron chi connectivity index (χ0n) is 27.7. The summed E-state index contributed by atoms with van der Waals surface area (Å²) < 4.78 is 9.02. The summed E-state index contributed by atoms with van der Waals surface area (Å²) >= 11 is 1.85. The van der Waals surface area contributed by atoms with Crippen LogP contribution in [-0.2, 0) is 0 Å². The maximum atomic E-state index is 6.39. The lowest BCUT2D eigenvalue weighted by Crippen LogP contribution is -2.10. The molecule has 0 saturated carbocycles. The average Bonchev–Trinajstić information content (AvgIpc) is 3.77. The first-order valence-electron chi connectivity index (χ1n) is 17.2. The molecule has 10 rings (SSSR count). The average molecular weight is 670 g/mol. The highest BCUT2D eigenvalue weighted by molar-refractivity contribution is 7.25. The quantitative estimate of drug-likeness (QED) is 0.175. The van der Waals surface area contributed by atoms with E-state index in [1.807, 2.05) is 23.5 Å². The van der Waals surface area contributed by atoms with E-state index in [1.54, 1.807) is 0 Å². The Morgan fingerprint density at radius 3 is 1.67 bits per heavy atom. The highest BCUT2D eigenvalue weighted by atomic mass is 32.1. The van der Waals surface area contributed by atoms with Crippen LogP contribution in [0.25, 0.3) is 75.5 Å². The molecule has 2 aromatic heterocycles. The minimum absolute atomic E-state index is 0.872. The van der Waals surface area contributed by atoms with Gasteiger partial charge in [-0.15, -0.1) is 11.3 Å². The molecule has 2 heterocycles. The molecule has 0 unspecified atom stereocenters. The maximum absolute atomic E-state index is 6.39. The summed E-state index contributed by atoms with van der Waals surface area (Å²) in [7, 11) is 0. The summed E-state index contributed by atoms with van der Waals surface area (Å²) in [6, 6.07) is 67.5. The van der Waals surface area contributed by atoms with Crippen LogP contribution in [-0.4, -0.2) is 0 Å². The van der Waals surface area contributed by atoms with Crippen molar-refractivity contribution in [3.05, 3.63) is 188 Å². The number of benzene rings is 8. The highest BCUT2D eigenvalue weighted by Gasteiger charge is 2.20. The summed E-state index contributed by atoms with van der Waals surface area (Å²) in [5.74, 6) is 0. The van der Waals surface area contributed by atoms with E-state index in [2.05, 4.69) is 181 Å². The van der Waals surface area contributed by atoms with Crippen LogP contribution >= 0.6 is 11.3 Å². The second kappa shape index (κ2) is 12.2. The number of anilines is 3. The van der Waals surface area contributed by atoms with Gasteiger partial charge in [0.15, 0.2) is 0 Å². The largest absolute Gasteiger partial charge is 0.456 e. The number of fused-ring (bicyclic) bond motifs is 6. The van der Waals surface area contributed by atoms with Crippen molar-refractivity contribution in [3.63, 3.8) is 0 Å². The van der Waals surface area contributed by atoms with Gasteiger partial charge < -0.3 is 9.32 Å². The van der Waals surface area contributed by atoms with Crippen molar-refractivity contribution < 1.29 is 4.42 Å². The number of hydrogen-bond acceptors (Lipinski definition) is 3. The van der Waals surface area contributed by atoms with Crippen LogP contribution in [0, 0.1) is 0 Å². The van der Waals surface area contributed by atoms with Crippen molar-refractivity contribution in [1.82, 2.24) is 0 Å². The maximum Gasteiger partial charge on any atom is 0.137 e. The van der Waals surface area contributed by atoms with E-state index in [9.17, 15) is 0 Å². The molecule has 10 aromatic rings. The van der Waals surface area contributed by atoms with E-state index < -0.39 is 0 Å². The number of rotatable bonds is 6. The third-order valence-corrected chi connectivity index (χ3v) is 11.0. The van der Waals surface area contributed by atoms with E-state index in [0.717, 1.165) is 44.6 Å². The molecule has 2 nitrogen and oxygen atoms in total. The summed E-state index contributed by atoms with van der Waals surface area (Å²) in [5.41, 5.74) is 12.1. The van der Waals surface area contributed by atoms with Crippen molar-refractivity contribution in [3.8, 4) is 33.4 Å². The van der Waals surface area contributed by atoms with Crippen LogP contribution in [0.3, 0.4) is 0 Å². The van der Waals surface area contributed by atoms with E-state index in [4.69, 9.17) is 4.42 Å². The Morgan fingerprint density at radius 2 is 0.882 bits per heavy atom. The lowest BCUT2D eigenvalue weighted by atomic mass is 9.99. The minimum Gasteiger partial charge on any atom is -0.456 e. The van der Waals surface area contributed by atoms with Crippen LogP contribution in [0.15, 0.2) is 192 Å². The van der Waals surface area contributed by atoms with Gasteiger partial charge in [0, 0.05) is 36.9 Å². The molecule has 0 aliphatic heterocycles. The Hall–Kier alpha value is -6.42. The molecule has 0 saturated heterocycles. The van der Waals surface area contributed by atoms with Crippen molar-refractivity contribution in [2.45, 2.75) is 0 Å². The van der Waals surface area contributed by atoms with Gasteiger partial charge in [0.25, 0.3) is 0 Å². The van der Waals surface area contributed by atoms with Gasteiger partial charge in [-0.25, -0.2) is 0 Å². The zero-order valence-corrected chi connectivity index (χ0v) is 28.5. The molecule has 0 aliphatic rings. The van der Waals surface area contributed by atoms with E-state index >= 15 is 0 Å². The summed E-state index contributed by atoms with van der Waals surface area (Å²) in [6.45, 7) is 0. The monoisotopic (exact) mass is 669 g/mol. The lowest BCUT2D eigenvalue weighted by molar-refractivity contribution is 0.669. The van der Waals surface area contributed by atoms with Crippen LogP contribution < -0.4 is 4.90 Å². The molecular formula is C48H31NOS. The Labute approximate surface area is 300 Å². The van der Waals surface area contributed by atoms with Gasteiger partial charge in [-0.3, -0.25) is 0 Å². The molecule has 3 heteroatoms. The van der Waals surface area contributed by atoms with Gasteiger partial charge >= 0.3 is 0 Å². The van der Waals surface area contributed by atoms with Crippen LogP contribution in [0.4, 0.5) is 17.1 Å². The van der Waals surface area contributed by atoms with Gasteiger partial charge in [-0.2, -0.15) is 0 Å². The molecule has 51 heavy (non-hydrogen) atoms. The molecular weight excluding hydrogens is 639 g/mol. The summed E-state index contributed by atoms with van der Waals surface area (Å²) in [6.07, 6.45) is 0. The molecule has 0 spiro atoms. The van der Waals surface area contributed by atoms with Crippen molar-refractivity contribution >= 4 is 70.5 Å². The number of hydrogen-bond donors (Lipinski definition) is 0. The van der Waals surface area contributed by atoms with Crippen molar-refractivity contribution in [2.75, 3.05) is 4.90 Å². The fourth-order valence-corrected chi connectivity index (χ4v) is 8.50. The summed E-state index contributed by atoms with van der Waals surface area (Å²) in [4.78, 5) is 2.38. The molecule has 0 bridgehead atoms.